The summed E-state index contributed by atoms with van der Waals surface area (Å²) in [5, 5.41) is 5.69. The average Bonchev–Trinajstić information content (AvgIpc) is 3.00. The van der Waals surface area contributed by atoms with Crippen molar-refractivity contribution in [2.24, 2.45) is 10.7 Å². The molecule has 1 aliphatic rings. The van der Waals surface area contributed by atoms with Crippen molar-refractivity contribution < 1.29 is 22.7 Å². The van der Waals surface area contributed by atoms with Gasteiger partial charge >= 0.3 is 6.36 Å². The second kappa shape index (κ2) is 8.59. The van der Waals surface area contributed by atoms with Crippen LogP contribution in [0.25, 0.3) is 0 Å². The number of rotatable bonds is 6. The molecule has 2 rings (SSSR count). The minimum absolute atomic E-state index is 0.0582. The smallest absolute Gasteiger partial charge is 0.406 e. The normalized spacial score (nSPS) is 15.9. The molecule has 6 nitrogen and oxygen atoms in total. The zero-order valence-corrected chi connectivity index (χ0v) is 13.6. The topological polar surface area (TPSA) is 88.7 Å². The first-order valence-corrected chi connectivity index (χ1v) is 8.04. The molecule has 0 saturated heterocycles. The fourth-order valence-electron chi connectivity index (χ4n) is 2.58. The van der Waals surface area contributed by atoms with Gasteiger partial charge < -0.3 is 21.1 Å². The number of hydrogen-bond donors (Lipinski definition) is 3. The third-order valence-corrected chi connectivity index (χ3v) is 3.70. The minimum Gasteiger partial charge on any atom is -0.406 e. The van der Waals surface area contributed by atoms with Crippen molar-refractivity contribution in [3.63, 3.8) is 0 Å². The van der Waals surface area contributed by atoms with Crippen LogP contribution in [-0.2, 0) is 4.79 Å². The van der Waals surface area contributed by atoms with Crippen molar-refractivity contribution in [1.29, 1.82) is 0 Å². The Morgan fingerprint density at radius 1 is 1.24 bits per heavy atom. The van der Waals surface area contributed by atoms with Gasteiger partial charge in [0.15, 0.2) is 5.96 Å². The molecule has 138 valence electrons. The van der Waals surface area contributed by atoms with Crippen LogP contribution >= 0.6 is 0 Å². The van der Waals surface area contributed by atoms with E-state index in [4.69, 9.17) is 5.73 Å². The fourth-order valence-corrected chi connectivity index (χ4v) is 2.58. The predicted molar refractivity (Wildman–Crippen MR) is 88.3 cm³/mol. The number of carbonyl (C=O) groups excluding carboxylic acids is 1. The Morgan fingerprint density at radius 3 is 2.48 bits per heavy atom. The van der Waals surface area contributed by atoms with Gasteiger partial charge in [0.2, 0.25) is 5.91 Å². The van der Waals surface area contributed by atoms with Crippen LogP contribution < -0.4 is 21.1 Å². The Kier molecular flexibility index (Phi) is 6.49. The van der Waals surface area contributed by atoms with Crippen molar-refractivity contribution in [2.45, 2.75) is 44.5 Å². The van der Waals surface area contributed by atoms with Crippen LogP contribution in [-0.4, -0.2) is 30.8 Å². The van der Waals surface area contributed by atoms with E-state index in [1.165, 1.54) is 12.1 Å². The molecule has 1 aliphatic carbocycles. The zero-order chi connectivity index (χ0) is 18.3. The number of hydrogen-bond acceptors (Lipinski definition) is 3. The number of carbonyl (C=O) groups is 1. The summed E-state index contributed by atoms with van der Waals surface area (Å²) in [5.41, 5.74) is 6.16. The molecule has 0 bridgehead atoms. The lowest BCUT2D eigenvalue weighted by Gasteiger charge is -2.11. The van der Waals surface area contributed by atoms with E-state index in [9.17, 15) is 18.0 Å². The lowest BCUT2D eigenvalue weighted by molar-refractivity contribution is -0.274. The number of halogens is 3. The maximum Gasteiger partial charge on any atom is 0.573 e. The molecular formula is C16H21F3N4O2. The summed E-state index contributed by atoms with van der Waals surface area (Å²) < 4.78 is 40.0. The molecule has 0 atom stereocenters. The molecule has 1 aromatic rings. The second-order valence-electron chi connectivity index (χ2n) is 5.76. The fraction of sp³-hybridized carbons (Fsp3) is 0.500. The monoisotopic (exact) mass is 358 g/mol. The Labute approximate surface area is 143 Å². The van der Waals surface area contributed by atoms with E-state index >= 15 is 0 Å². The van der Waals surface area contributed by atoms with Gasteiger partial charge in [-0.2, -0.15) is 0 Å². The van der Waals surface area contributed by atoms with E-state index in [-0.39, 0.29) is 36.6 Å². The first kappa shape index (κ1) is 18.9. The minimum atomic E-state index is -4.73. The summed E-state index contributed by atoms with van der Waals surface area (Å²) in [6.45, 7) is 0.229. The Balaban J connectivity index is 1.73. The van der Waals surface area contributed by atoms with E-state index in [0.29, 0.717) is 5.69 Å². The summed E-state index contributed by atoms with van der Waals surface area (Å²) in [7, 11) is 0. The maximum atomic E-state index is 12.1. The lowest BCUT2D eigenvalue weighted by atomic mass is 10.2. The van der Waals surface area contributed by atoms with E-state index in [0.717, 1.165) is 37.8 Å². The Hall–Kier alpha value is -2.45. The highest BCUT2D eigenvalue weighted by atomic mass is 19.4. The van der Waals surface area contributed by atoms with Crippen LogP contribution in [0.3, 0.4) is 0 Å². The quantitative estimate of drug-likeness (QED) is 0.539. The first-order chi connectivity index (χ1) is 11.8. The molecule has 1 saturated carbocycles. The van der Waals surface area contributed by atoms with E-state index in [1.54, 1.807) is 0 Å². The number of ether oxygens (including phenoxy) is 1. The second-order valence-corrected chi connectivity index (χ2v) is 5.76. The van der Waals surface area contributed by atoms with Crippen molar-refractivity contribution in [1.82, 2.24) is 5.32 Å². The molecule has 0 heterocycles. The molecule has 0 aromatic heterocycles. The van der Waals surface area contributed by atoms with Crippen LogP contribution in [0.2, 0.25) is 0 Å². The van der Waals surface area contributed by atoms with Gasteiger partial charge in [-0.1, -0.05) is 12.8 Å². The summed E-state index contributed by atoms with van der Waals surface area (Å²) in [5.74, 6) is -0.299. The highest BCUT2D eigenvalue weighted by Crippen LogP contribution is 2.23. The van der Waals surface area contributed by atoms with Crippen molar-refractivity contribution in [3.8, 4) is 5.75 Å². The standard InChI is InChI=1S/C16H21F3N4O2/c17-16(18,19)25-13-7-5-12(6-8-13)23-15(20)21-10-9-14(24)22-11-3-1-2-4-11/h5-8,11H,1-4,9-10H2,(H,22,24)(H3,20,21,23). The number of guanidine groups is 1. The van der Waals surface area contributed by atoms with Gasteiger partial charge in [0.1, 0.15) is 5.75 Å². The van der Waals surface area contributed by atoms with Gasteiger partial charge in [-0.25, -0.2) is 0 Å². The summed E-state index contributed by atoms with van der Waals surface area (Å²) >= 11 is 0. The molecule has 4 N–H and O–H groups in total. The van der Waals surface area contributed by atoms with Gasteiger partial charge in [-0.3, -0.25) is 9.79 Å². The molecule has 0 aliphatic heterocycles. The lowest BCUT2D eigenvalue weighted by Crippen LogP contribution is -2.33. The summed E-state index contributed by atoms with van der Waals surface area (Å²) in [4.78, 5) is 15.8. The predicted octanol–water partition coefficient (Wildman–Crippen LogP) is 2.76. The van der Waals surface area contributed by atoms with Crippen molar-refractivity contribution >= 4 is 17.6 Å². The number of alkyl halides is 3. The Morgan fingerprint density at radius 2 is 1.88 bits per heavy atom. The first-order valence-electron chi connectivity index (χ1n) is 8.04. The highest BCUT2D eigenvalue weighted by Gasteiger charge is 2.30. The van der Waals surface area contributed by atoms with Gasteiger partial charge in [-0.05, 0) is 37.1 Å². The number of amides is 1. The molecular weight excluding hydrogens is 337 g/mol. The molecule has 0 radical (unpaired) electrons. The highest BCUT2D eigenvalue weighted by molar-refractivity contribution is 5.92. The average molecular weight is 358 g/mol. The van der Waals surface area contributed by atoms with Crippen LogP contribution in [0.15, 0.2) is 29.3 Å². The maximum absolute atomic E-state index is 12.1. The molecule has 1 aromatic carbocycles. The largest absolute Gasteiger partial charge is 0.573 e. The van der Waals surface area contributed by atoms with Crippen molar-refractivity contribution in [2.75, 3.05) is 11.9 Å². The van der Waals surface area contributed by atoms with Crippen molar-refractivity contribution in [3.05, 3.63) is 24.3 Å². The van der Waals surface area contributed by atoms with Crippen LogP contribution in [0.5, 0.6) is 5.75 Å². The summed E-state index contributed by atoms with van der Waals surface area (Å²) in [6, 6.07) is 5.37. The number of nitrogens with one attached hydrogen (secondary N) is 2. The van der Waals surface area contributed by atoms with Gasteiger partial charge in [-0.15, -0.1) is 13.2 Å². The van der Waals surface area contributed by atoms with E-state index in [2.05, 4.69) is 20.4 Å². The molecule has 9 heteroatoms. The summed E-state index contributed by atoms with van der Waals surface area (Å²) in [6.07, 6.45) is -0.162. The molecule has 0 unspecified atom stereocenters. The molecule has 25 heavy (non-hydrogen) atoms. The SMILES string of the molecule is NC(=NCCC(=O)NC1CCCC1)Nc1ccc(OC(F)(F)F)cc1. The van der Waals surface area contributed by atoms with Gasteiger partial charge in [0.05, 0.1) is 6.54 Å². The number of anilines is 1. The number of nitrogens with zero attached hydrogens (tertiary/aromatic N) is 1. The molecule has 0 spiro atoms. The third kappa shape index (κ3) is 7.32. The van der Waals surface area contributed by atoms with E-state index in [1.807, 2.05) is 0 Å². The van der Waals surface area contributed by atoms with Crippen LogP contribution in [0.1, 0.15) is 32.1 Å². The molecule has 1 fully saturated rings. The van der Waals surface area contributed by atoms with Crippen LogP contribution in [0, 0.1) is 0 Å². The zero-order valence-electron chi connectivity index (χ0n) is 13.6. The third-order valence-electron chi connectivity index (χ3n) is 3.70. The number of nitrogens with two attached hydrogens (primary N) is 1. The Bertz CT molecular complexity index is 596. The molecule has 1 amide bonds. The van der Waals surface area contributed by atoms with Gasteiger partial charge in [0, 0.05) is 18.2 Å². The number of aliphatic imine (C=N–C) groups is 1. The number of benzene rings is 1. The van der Waals surface area contributed by atoms with E-state index < -0.39 is 6.36 Å². The van der Waals surface area contributed by atoms with Crippen LogP contribution in [0.4, 0.5) is 18.9 Å². The van der Waals surface area contributed by atoms with Gasteiger partial charge in [0.25, 0.3) is 0 Å².